The van der Waals surface area contributed by atoms with Crippen LogP contribution in [0.15, 0.2) is 42.5 Å². The van der Waals surface area contributed by atoms with Gasteiger partial charge in [-0.2, -0.15) is 0 Å². The standard InChI is InChI=1S/C21H23N3O8/c1-30-14-10-11-17(24(28)29)16(12-14)23-20(26)13-32-21(27)9-5-8-19(25)22-15-6-3-4-7-18(15)31-2/h3-4,6-7,10-12H,5,8-9,13H2,1-2H3,(H,22,25)(H,23,26). The van der Waals surface area contributed by atoms with Crippen LogP contribution in [0.2, 0.25) is 0 Å². The van der Waals surface area contributed by atoms with Crippen molar-refractivity contribution in [1.29, 1.82) is 0 Å². The average Bonchev–Trinajstić information content (AvgIpc) is 2.77. The summed E-state index contributed by atoms with van der Waals surface area (Å²) in [7, 11) is 2.87. The van der Waals surface area contributed by atoms with Crippen LogP contribution in [0, 0.1) is 10.1 Å². The predicted octanol–water partition coefficient (Wildman–Crippen LogP) is 2.90. The van der Waals surface area contributed by atoms with E-state index in [1.165, 1.54) is 32.4 Å². The van der Waals surface area contributed by atoms with Crippen molar-refractivity contribution in [2.75, 3.05) is 31.5 Å². The summed E-state index contributed by atoms with van der Waals surface area (Å²) >= 11 is 0. The van der Waals surface area contributed by atoms with Crippen LogP contribution in [-0.2, 0) is 19.1 Å². The first-order valence-electron chi connectivity index (χ1n) is 9.54. The summed E-state index contributed by atoms with van der Waals surface area (Å²) in [6, 6.07) is 10.8. The maximum absolute atomic E-state index is 12.0. The van der Waals surface area contributed by atoms with Crippen LogP contribution in [0.4, 0.5) is 17.1 Å². The van der Waals surface area contributed by atoms with Gasteiger partial charge in [0.15, 0.2) is 6.61 Å². The molecule has 2 aromatic carbocycles. The first kappa shape index (κ1) is 24.1. The molecular weight excluding hydrogens is 422 g/mol. The Labute approximate surface area is 183 Å². The summed E-state index contributed by atoms with van der Waals surface area (Å²) in [5, 5.41) is 16.1. The number of nitrogens with one attached hydrogen (secondary N) is 2. The van der Waals surface area contributed by atoms with Gasteiger partial charge in [0.2, 0.25) is 5.91 Å². The third-order valence-corrected chi connectivity index (χ3v) is 4.20. The second kappa shape index (κ2) is 11.9. The van der Waals surface area contributed by atoms with Gasteiger partial charge < -0.3 is 24.8 Å². The Kier molecular flexibility index (Phi) is 8.96. The van der Waals surface area contributed by atoms with Crippen molar-refractivity contribution >= 4 is 34.8 Å². The van der Waals surface area contributed by atoms with Crippen LogP contribution in [0.3, 0.4) is 0 Å². The number of nitro benzene ring substituents is 1. The molecule has 0 bridgehead atoms. The highest BCUT2D eigenvalue weighted by Gasteiger charge is 2.18. The van der Waals surface area contributed by atoms with Gasteiger partial charge in [-0.25, -0.2) is 0 Å². The Morgan fingerprint density at radius 1 is 0.938 bits per heavy atom. The number of ether oxygens (including phenoxy) is 3. The molecule has 170 valence electrons. The molecule has 2 rings (SSSR count). The van der Waals surface area contributed by atoms with Gasteiger partial charge in [-0.1, -0.05) is 12.1 Å². The van der Waals surface area contributed by atoms with Crippen molar-refractivity contribution in [3.8, 4) is 11.5 Å². The molecule has 11 heteroatoms. The van der Waals surface area contributed by atoms with Crippen molar-refractivity contribution in [1.82, 2.24) is 0 Å². The van der Waals surface area contributed by atoms with Gasteiger partial charge in [0, 0.05) is 25.0 Å². The molecule has 0 heterocycles. The molecule has 0 aromatic heterocycles. The minimum Gasteiger partial charge on any atom is -0.497 e. The van der Waals surface area contributed by atoms with Crippen LogP contribution >= 0.6 is 0 Å². The van der Waals surface area contributed by atoms with Gasteiger partial charge in [-0.3, -0.25) is 24.5 Å². The molecular formula is C21H23N3O8. The number of para-hydroxylation sites is 2. The number of benzene rings is 2. The fourth-order valence-corrected chi connectivity index (χ4v) is 2.66. The van der Waals surface area contributed by atoms with E-state index < -0.39 is 23.4 Å². The summed E-state index contributed by atoms with van der Waals surface area (Å²) in [5.41, 5.74) is 0.112. The predicted molar refractivity (Wildman–Crippen MR) is 115 cm³/mol. The maximum atomic E-state index is 12.0. The number of carbonyl (C=O) groups excluding carboxylic acids is 3. The van der Waals surface area contributed by atoms with Crippen molar-refractivity contribution in [3.63, 3.8) is 0 Å². The van der Waals surface area contributed by atoms with E-state index >= 15 is 0 Å². The second-order valence-electron chi connectivity index (χ2n) is 6.45. The van der Waals surface area contributed by atoms with Gasteiger partial charge in [-0.05, 0) is 24.6 Å². The largest absolute Gasteiger partial charge is 0.497 e. The number of methoxy groups -OCH3 is 2. The Bertz CT molecular complexity index is 993. The lowest BCUT2D eigenvalue weighted by Crippen LogP contribution is -2.21. The number of nitro groups is 1. The molecule has 0 saturated heterocycles. The van der Waals surface area contributed by atoms with Gasteiger partial charge in [0.1, 0.15) is 17.2 Å². The molecule has 2 amide bonds. The van der Waals surface area contributed by atoms with Gasteiger partial charge >= 0.3 is 5.97 Å². The van der Waals surface area contributed by atoms with Crippen molar-refractivity contribution < 1.29 is 33.5 Å². The molecule has 11 nitrogen and oxygen atoms in total. The van der Waals surface area contributed by atoms with Crippen molar-refractivity contribution in [2.24, 2.45) is 0 Å². The lowest BCUT2D eigenvalue weighted by Gasteiger charge is -2.10. The number of carbonyl (C=O) groups is 3. The Hall–Kier alpha value is -4.15. The monoisotopic (exact) mass is 445 g/mol. The molecule has 0 aliphatic carbocycles. The number of hydrogen-bond acceptors (Lipinski definition) is 8. The van der Waals surface area contributed by atoms with E-state index in [1.54, 1.807) is 24.3 Å². The minimum atomic E-state index is -0.747. The smallest absolute Gasteiger partial charge is 0.306 e. The first-order valence-corrected chi connectivity index (χ1v) is 9.54. The summed E-state index contributed by atoms with van der Waals surface area (Å²) in [6.07, 6.45) is 0.198. The maximum Gasteiger partial charge on any atom is 0.306 e. The summed E-state index contributed by atoms with van der Waals surface area (Å²) in [4.78, 5) is 46.3. The highest BCUT2D eigenvalue weighted by molar-refractivity contribution is 5.95. The zero-order valence-corrected chi connectivity index (χ0v) is 17.6. The Morgan fingerprint density at radius 2 is 1.66 bits per heavy atom. The normalized spacial score (nSPS) is 10.1. The van der Waals surface area contributed by atoms with E-state index in [0.717, 1.165) is 0 Å². The van der Waals surface area contributed by atoms with Crippen LogP contribution in [0.1, 0.15) is 19.3 Å². The molecule has 0 fully saturated rings. The molecule has 2 N–H and O–H groups in total. The number of amides is 2. The molecule has 2 aromatic rings. The van der Waals surface area contributed by atoms with Gasteiger partial charge in [0.25, 0.3) is 11.6 Å². The molecule has 0 saturated carbocycles. The fourth-order valence-electron chi connectivity index (χ4n) is 2.66. The summed E-state index contributed by atoms with van der Waals surface area (Å²) in [5.74, 6) is -0.892. The van der Waals surface area contributed by atoms with Crippen LogP contribution < -0.4 is 20.1 Å². The highest BCUT2D eigenvalue weighted by atomic mass is 16.6. The molecule has 0 aliphatic heterocycles. The number of anilines is 2. The number of nitrogens with zero attached hydrogens (tertiary/aromatic N) is 1. The second-order valence-corrected chi connectivity index (χ2v) is 6.45. The highest BCUT2D eigenvalue weighted by Crippen LogP contribution is 2.28. The third kappa shape index (κ3) is 7.27. The molecule has 0 radical (unpaired) electrons. The molecule has 0 unspecified atom stereocenters. The van der Waals surface area contributed by atoms with Crippen LogP contribution in [-0.4, -0.2) is 43.5 Å². The first-order chi connectivity index (χ1) is 15.3. The Morgan fingerprint density at radius 3 is 2.34 bits per heavy atom. The van der Waals surface area contributed by atoms with Gasteiger partial charge in [-0.15, -0.1) is 0 Å². The zero-order chi connectivity index (χ0) is 23.5. The van der Waals surface area contributed by atoms with Gasteiger partial charge in [0.05, 0.1) is 24.8 Å². The summed E-state index contributed by atoms with van der Waals surface area (Å²) in [6.45, 7) is -0.624. The van der Waals surface area contributed by atoms with E-state index in [-0.39, 0.29) is 36.5 Å². The average molecular weight is 445 g/mol. The van der Waals surface area contributed by atoms with E-state index in [0.29, 0.717) is 17.2 Å². The third-order valence-electron chi connectivity index (χ3n) is 4.20. The Balaban J connectivity index is 1.76. The number of hydrogen-bond donors (Lipinski definition) is 2. The topological polar surface area (TPSA) is 146 Å². The minimum absolute atomic E-state index is 0.0648. The SMILES string of the molecule is COc1ccc([N+](=O)[O-])c(NC(=O)COC(=O)CCCC(=O)Nc2ccccc2OC)c1. The zero-order valence-electron chi connectivity index (χ0n) is 17.6. The lowest BCUT2D eigenvalue weighted by molar-refractivity contribution is -0.383. The summed E-state index contributed by atoms with van der Waals surface area (Å²) < 4.78 is 15.0. The fraction of sp³-hybridized carbons (Fsp3) is 0.286. The van der Waals surface area contributed by atoms with Crippen LogP contribution in [0.5, 0.6) is 11.5 Å². The number of esters is 1. The molecule has 32 heavy (non-hydrogen) atoms. The number of rotatable bonds is 11. The van der Waals surface area contributed by atoms with E-state index in [1.807, 2.05) is 0 Å². The van der Waals surface area contributed by atoms with E-state index in [2.05, 4.69) is 10.6 Å². The quantitative estimate of drug-likeness (QED) is 0.305. The molecule has 0 atom stereocenters. The van der Waals surface area contributed by atoms with E-state index in [9.17, 15) is 24.5 Å². The molecule has 0 aliphatic rings. The van der Waals surface area contributed by atoms with Crippen molar-refractivity contribution in [3.05, 3.63) is 52.6 Å². The van der Waals surface area contributed by atoms with E-state index in [4.69, 9.17) is 14.2 Å². The molecule has 0 spiro atoms. The van der Waals surface area contributed by atoms with Crippen LogP contribution in [0.25, 0.3) is 0 Å². The lowest BCUT2D eigenvalue weighted by atomic mass is 10.2. The van der Waals surface area contributed by atoms with Crippen molar-refractivity contribution in [2.45, 2.75) is 19.3 Å².